The molecule has 0 fully saturated rings. The monoisotopic (exact) mass is 526 g/mol. The van der Waals surface area contributed by atoms with Crippen molar-refractivity contribution < 1.29 is 4.79 Å². The lowest BCUT2D eigenvalue weighted by atomic mass is 9.97. The van der Waals surface area contributed by atoms with E-state index in [0.29, 0.717) is 11.1 Å². The Morgan fingerprint density at radius 2 is 1.24 bits per heavy atom. The summed E-state index contributed by atoms with van der Waals surface area (Å²) in [4.78, 5) is 13.0. The zero-order valence-electron chi connectivity index (χ0n) is 23.4. The van der Waals surface area contributed by atoms with E-state index in [0.717, 1.165) is 50.9 Å². The topological polar surface area (TPSA) is 17.1 Å². The Labute approximate surface area is 243 Å². The van der Waals surface area contributed by atoms with E-state index in [9.17, 15) is 4.79 Å². The number of hydrogen-bond donors (Lipinski definition) is 0. The number of hydrogen-bond acceptors (Lipinski definition) is 1. The molecule has 4 aromatic rings. The second-order valence-corrected chi connectivity index (χ2v) is 10.1. The molecule has 0 radical (unpaired) electrons. The number of rotatable bonds is 4. The van der Waals surface area contributed by atoms with Gasteiger partial charge in [0.1, 0.15) is 0 Å². The van der Waals surface area contributed by atoms with Gasteiger partial charge >= 0.3 is 0 Å². The third-order valence-electron chi connectivity index (χ3n) is 6.86. The summed E-state index contributed by atoms with van der Waals surface area (Å²) in [5.74, 6) is 13.0. The standard InChI is InChI=1S/C40H30O/c1-29-11-23-36(24-12-29)31(3)38-10-6-8-35(27-38)22-20-33-17-15-32(16-18-33)19-21-34-7-4-5-9-39(28-34)40(41)37-25-13-30(2)14-26-37/h5-18,23-28H,3-4H2,1-2H3. The van der Waals surface area contributed by atoms with Gasteiger partial charge in [0.05, 0.1) is 0 Å². The van der Waals surface area contributed by atoms with E-state index in [2.05, 4.69) is 73.6 Å². The highest BCUT2D eigenvalue weighted by molar-refractivity contribution is 6.11. The molecule has 4 aromatic carbocycles. The highest BCUT2D eigenvalue weighted by atomic mass is 16.1. The van der Waals surface area contributed by atoms with Crippen LogP contribution in [0.2, 0.25) is 0 Å². The summed E-state index contributed by atoms with van der Waals surface area (Å²) in [5.41, 5.74) is 10.4. The van der Waals surface area contributed by atoms with E-state index in [4.69, 9.17) is 0 Å². The average molecular weight is 527 g/mol. The van der Waals surface area contributed by atoms with Gasteiger partial charge in [0, 0.05) is 33.4 Å². The van der Waals surface area contributed by atoms with Crippen molar-refractivity contribution >= 4 is 11.4 Å². The van der Waals surface area contributed by atoms with E-state index < -0.39 is 0 Å². The predicted molar refractivity (Wildman–Crippen MR) is 170 cm³/mol. The summed E-state index contributed by atoms with van der Waals surface area (Å²) in [6.07, 6.45) is 8.53. The van der Waals surface area contributed by atoms with Gasteiger partial charge < -0.3 is 0 Å². The molecular weight excluding hydrogens is 496 g/mol. The first-order valence-electron chi connectivity index (χ1n) is 13.6. The molecule has 0 heterocycles. The molecule has 0 saturated heterocycles. The van der Waals surface area contributed by atoms with Crippen LogP contribution in [0, 0.1) is 37.5 Å². The van der Waals surface area contributed by atoms with Gasteiger partial charge in [-0.15, -0.1) is 0 Å². The summed E-state index contributed by atoms with van der Waals surface area (Å²) in [5, 5.41) is 0. The fourth-order valence-electron chi connectivity index (χ4n) is 4.40. The number of ketones is 1. The largest absolute Gasteiger partial charge is 0.289 e. The first kappa shape index (κ1) is 27.2. The smallest absolute Gasteiger partial charge is 0.193 e. The molecule has 0 N–H and O–H groups in total. The van der Waals surface area contributed by atoms with Gasteiger partial charge in [-0.3, -0.25) is 4.79 Å². The Bertz CT molecular complexity index is 1820. The van der Waals surface area contributed by atoms with Crippen LogP contribution in [0.25, 0.3) is 5.57 Å². The van der Waals surface area contributed by atoms with Gasteiger partial charge in [0.25, 0.3) is 0 Å². The predicted octanol–water partition coefficient (Wildman–Crippen LogP) is 8.81. The van der Waals surface area contributed by atoms with Crippen LogP contribution in [-0.2, 0) is 0 Å². The lowest BCUT2D eigenvalue weighted by molar-refractivity contribution is 0.103. The third-order valence-corrected chi connectivity index (χ3v) is 6.86. The third kappa shape index (κ3) is 7.19. The van der Waals surface area contributed by atoms with Crippen molar-refractivity contribution in [3.63, 3.8) is 0 Å². The Balaban J connectivity index is 1.27. The fraction of sp³-hybridized carbons (Fsp3) is 0.0750. The second-order valence-electron chi connectivity index (χ2n) is 10.1. The Morgan fingerprint density at radius 3 is 1.90 bits per heavy atom. The molecule has 0 saturated carbocycles. The molecule has 0 bridgehead atoms. The van der Waals surface area contributed by atoms with Crippen LogP contribution in [0.5, 0.6) is 0 Å². The molecular formula is C40H30O. The van der Waals surface area contributed by atoms with Crippen molar-refractivity contribution in [2.75, 3.05) is 0 Å². The second kappa shape index (κ2) is 12.7. The van der Waals surface area contributed by atoms with Crippen LogP contribution in [-0.4, -0.2) is 5.78 Å². The fourth-order valence-corrected chi connectivity index (χ4v) is 4.40. The number of carbonyl (C=O) groups is 1. The molecule has 1 aliphatic carbocycles. The number of allylic oxidation sites excluding steroid dienone is 6. The average Bonchev–Trinajstić information content (AvgIpc) is 3.25. The van der Waals surface area contributed by atoms with Crippen molar-refractivity contribution in [2.45, 2.75) is 20.3 Å². The summed E-state index contributed by atoms with van der Waals surface area (Å²) in [6.45, 7) is 8.39. The summed E-state index contributed by atoms with van der Waals surface area (Å²) in [6, 6.07) is 32.2. The lowest BCUT2D eigenvalue weighted by Gasteiger charge is -2.07. The van der Waals surface area contributed by atoms with Crippen molar-refractivity contribution in [1.82, 2.24) is 0 Å². The molecule has 0 aromatic heterocycles. The van der Waals surface area contributed by atoms with Crippen molar-refractivity contribution in [1.29, 1.82) is 0 Å². The number of aryl methyl sites for hydroxylation is 2. The van der Waals surface area contributed by atoms with Crippen LogP contribution < -0.4 is 0 Å². The molecule has 1 heteroatoms. The number of benzene rings is 4. The van der Waals surface area contributed by atoms with Crippen molar-refractivity contribution in [2.24, 2.45) is 0 Å². The van der Waals surface area contributed by atoms with Gasteiger partial charge in [-0.2, -0.15) is 0 Å². The molecule has 0 spiro atoms. The van der Waals surface area contributed by atoms with Crippen molar-refractivity contribution in [3.05, 3.63) is 184 Å². The van der Waals surface area contributed by atoms with E-state index in [-0.39, 0.29) is 5.78 Å². The number of carbonyl (C=O) groups excluding carboxylic acids is 1. The minimum atomic E-state index is 0.00350. The molecule has 1 nitrogen and oxygen atoms in total. The van der Waals surface area contributed by atoms with Gasteiger partial charge in [-0.1, -0.05) is 120 Å². The minimum Gasteiger partial charge on any atom is -0.289 e. The first-order valence-corrected chi connectivity index (χ1v) is 13.6. The van der Waals surface area contributed by atoms with Crippen LogP contribution in [0.3, 0.4) is 0 Å². The highest BCUT2D eigenvalue weighted by Gasteiger charge is 2.11. The van der Waals surface area contributed by atoms with Gasteiger partial charge in [-0.05, 0) is 79.4 Å². The van der Waals surface area contributed by atoms with Crippen LogP contribution in [0.4, 0.5) is 0 Å². The zero-order valence-corrected chi connectivity index (χ0v) is 23.4. The summed E-state index contributed by atoms with van der Waals surface area (Å²) in [7, 11) is 0. The minimum absolute atomic E-state index is 0.00350. The maximum atomic E-state index is 13.0. The van der Waals surface area contributed by atoms with E-state index in [1.54, 1.807) is 0 Å². The molecule has 1 aliphatic rings. The van der Waals surface area contributed by atoms with Crippen LogP contribution >= 0.6 is 0 Å². The Hall–Kier alpha value is -5.37. The summed E-state index contributed by atoms with van der Waals surface area (Å²) < 4.78 is 0. The molecule has 5 rings (SSSR count). The molecule has 0 aliphatic heterocycles. The normalized spacial score (nSPS) is 12.0. The maximum absolute atomic E-state index is 13.0. The first-order chi connectivity index (χ1) is 19.9. The zero-order chi connectivity index (χ0) is 28.6. The van der Waals surface area contributed by atoms with E-state index in [1.165, 1.54) is 5.56 Å². The molecule has 0 unspecified atom stereocenters. The Morgan fingerprint density at radius 1 is 0.659 bits per heavy atom. The van der Waals surface area contributed by atoms with Crippen LogP contribution in [0.15, 0.2) is 139 Å². The SMILES string of the molecule is C=C(c1ccc(C)cc1)c1cccc(C#Cc2ccc(C#CC3=CCC=CC(C(=O)c4ccc(C)cc4)=C3)cc2)c1. The van der Waals surface area contributed by atoms with Gasteiger partial charge in [0.15, 0.2) is 5.78 Å². The highest BCUT2D eigenvalue weighted by Crippen LogP contribution is 2.23. The lowest BCUT2D eigenvalue weighted by Crippen LogP contribution is -2.01. The molecule has 0 atom stereocenters. The molecule has 0 amide bonds. The Kier molecular flexibility index (Phi) is 8.40. The quantitative estimate of drug-likeness (QED) is 0.192. The van der Waals surface area contributed by atoms with Crippen molar-refractivity contribution in [3.8, 4) is 23.7 Å². The maximum Gasteiger partial charge on any atom is 0.193 e. The van der Waals surface area contributed by atoms with Gasteiger partial charge in [0.2, 0.25) is 0 Å². The summed E-state index contributed by atoms with van der Waals surface area (Å²) >= 11 is 0. The molecule has 196 valence electrons. The molecule has 41 heavy (non-hydrogen) atoms. The van der Waals surface area contributed by atoms with E-state index >= 15 is 0 Å². The van der Waals surface area contributed by atoms with Gasteiger partial charge in [-0.25, -0.2) is 0 Å². The van der Waals surface area contributed by atoms with E-state index in [1.807, 2.05) is 91.9 Å². The number of Topliss-reactive ketones (excluding diaryl/α,β-unsaturated/α-hetero) is 1. The van der Waals surface area contributed by atoms with Crippen LogP contribution in [0.1, 0.15) is 55.7 Å².